The molecule has 128 valence electrons. The molecule has 1 aliphatic rings. The number of methoxy groups -OCH3 is 1. The van der Waals surface area contributed by atoms with E-state index in [1.54, 1.807) is 11.8 Å². The van der Waals surface area contributed by atoms with E-state index < -0.39 is 0 Å². The molecule has 0 radical (unpaired) electrons. The van der Waals surface area contributed by atoms with Crippen molar-refractivity contribution in [1.29, 1.82) is 0 Å². The maximum Gasteiger partial charge on any atom is 0.273 e. The van der Waals surface area contributed by atoms with Crippen LogP contribution in [0.5, 0.6) is 5.75 Å². The van der Waals surface area contributed by atoms with Crippen LogP contribution in [0.15, 0.2) is 24.3 Å². The van der Waals surface area contributed by atoms with Crippen LogP contribution < -0.4 is 15.4 Å². The normalized spacial score (nSPS) is 17.5. The summed E-state index contributed by atoms with van der Waals surface area (Å²) in [5, 5.41) is 14.5. The highest BCUT2D eigenvalue weighted by molar-refractivity contribution is 5.93. The molecule has 0 saturated carbocycles. The first kappa shape index (κ1) is 16.4. The second-order valence-corrected chi connectivity index (χ2v) is 6.06. The van der Waals surface area contributed by atoms with Crippen LogP contribution in [-0.2, 0) is 0 Å². The first-order chi connectivity index (χ1) is 11.7. The van der Waals surface area contributed by atoms with E-state index >= 15 is 0 Å². The lowest BCUT2D eigenvalue weighted by Gasteiger charge is -2.22. The molecule has 7 heteroatoms. The maximum atomic E-state index is 12.4. The Morgan fingerprint density at radius 2 is 2.21 bits per heavy atom. The molecule has 1 aromatic heterocycles. The quantitative estimate of drug-likeness (QED) is 0.864. The van der Waals surface area contributed by atoms with Crippen LogP contribution in [0.4, 0.5) is 0 Å². The monoisotopic (exact) mass is 329 g/mol. The highest BCUT2D eigenvalue weighted by Gasteiger charge is 2.19. The topological polar surface area (TPSA) is 81.1 Å². The van der Waals surface area contributed by atoms with E-state index in [-0.39, 0.29) is 5.91 Å². The fourth-order valence-electron chi connectivity index (χ4n) is 2.93. The third-order valence-corrected chi connectivity index (χ3v) is 4.38. The smallest absolute Gasteiger partial charge is 0.273 e. The van der Waals surface area contributed by atoms with Crippen LogP contribution >= 0.6 is 0 Å². The summed E-state index contributed by atoms with van der Waals surface area (Å²) in [5.74, 6) is 1.09. The number of hydrogen-bond acceptors (Lipinski definition) is 5. The van der Waals surface area contributed by atoms with Crippen LogP contribution in [0, 0.1) is 12.8 Å². The van der Waals surface area contributed by atoms with E-state index in [0.29, 0.717) is 18.2 Å². The van der Waals surface area contributed by atoms with Gasteiger partial charge in [0.15, 0.2) is 5.69 Å². The molecule has 1 saturated heterocycles. The van der Waals surface area contributed by atoms with Gasteiger partial charge in [-0.25, -0.2) is 4.68 Å². The molecule has 1 aromatic carbocycles. The van der Waals surface area contributed by atoms with Crippen molar-refractivity contribution in [2.45, 2.75) is 19.8 Å². The van der Waals surface area contributed by atoms with Gasteiger partial charge in [0.05, 0.1) is 18.5 Å². The summed E-state index contributed by atoms with van der Waals surface area (Å²) in [6, 6.07) is 7.48. The zero-order chi connectivity index (χ0) is 16.9. The minimum Gasteiger partial charge on any atom is -0.497 e. The van der Waals surface area contributed by atoms with Crippen molar-refractivity contribution >= 4 is 5.91 Å². The zero-order valence-electron chi connectivity index (χ0n) is 14.1. The van der Waals surface area contributed by atoms with Gasteiger partial charge in [-0.3, -0.25) is 4.79 Å². The summed E-state index contributed by atoms with van der Waals surface area (Å²) < 4.78 is 6.82. The molecule has 24 heavy (non-hydrogen) atoms. The van der Waals surface area contributed by atoms with Crippen molar-refractivity contribution in [3.63, 3.8) is 0 Å². The average molecular weight is 329 g/mol. The molecule has 2 N–H and O–H groups in total. The summed E-state index contributed by atoms with van der Waals surface area (Å²) in [5.41, 5.74) is 1.94. The fraction of sp³-hybridized carbons (Fsp3) is 0.471. The summed E-state index contributed by atoms with van der Waals surface area (Å²) in [6.45, 7) is 4.54. The van der Waals surface area contributed by atoms with Gasteiger partial charge in [-0.1, -0.05) is 5.21 Å². The minimum absolute atomic E-state index is 0.169. The Morgan fingerprint density at radius 1 is 1.42 bits per heavy atom. The Balaban J connectivity index is 1.67. The molecule has 1 amide bonds. The number of piperidine rings is 1. The van der Waals surface area contributed by atoms with Gasteiger partial charge in [0.25, 0.3) is 5.91 Å². The van der Waals surface area contributed by atoms with E-state index in [1.807, 2.05) is 31.2 Å². The second kappa shape index (κ2) is 7.44. The van der Waals surface area contributed by atoms with Crippen LogP contribution in [0.25, 0.3) is 5.69 Å². The number of nitrogens with zero attached hydrogens (tertiary/aromatic N) is 3. The molecular weight excluding hydrogens is 306 g/mol. The number of ether oxygens (including phenoxy) is 1. The second-order valence-electron chi connectivity index (χ2n) is 6.06. The Bertz CT molecular complexity index is 690. The Kier molecular flexibility index (Phi) is 5.10. The van der Waals surface area contributed by atoms with Crippen molar-refractivity contribution < 1.29 is 9.53 Å². The van der Waals surface area contributed by atoms with E-state index in [2.05, 4.69) is 20.9 Å². The predicted octanol–water partition coefficient (Wildman–Crippen LogP) is 1.31. The van der Waals surface area contributed by atoms with E-state index in [4.69, 9.17) is 4.74 Å². The zero-order valence-corrected chi connectivity index (χ0v) is 14.1. The van der Waals surface area contributed by atoms with Gasteiger partial charge >= 0.3 is 0 Å². The van der Waals surface area contributed by atoms with Crippen molar-refractivity contribution in [2.75, 3.05) is 26.7 Å². The third kappa shape index (κ3) is 3.56. The molecule has 0 spiro atoms. The van der Waals surface area contributed by atoms with Gasteiger partial charge in [-0.15, -0.1) is 5.10 Å². The van der Waals surface area contributed by atoms with Gasteiger partial charge in [-0.05, 0) is 63.0 Å². The molecule has 2 heterocycles. The predicted molar refractivity (Wildman–Crippen MR) is 90.6 cm³/mol. The molecule has 1 fully saturated rings. The number of rotatable bonds is 5. The molecular formula is C17H23N5O2. The molecule has 1 atom stereocenters. The summed E-state index contributed by atoms with van der Waals surface area (Å²) >= 11 is 0. The molecule has 1 aliphatic heterocycles. The van der Waals surface area contributed by atoms with Gasteiger partial charge < -0.3 is 15.4 Å². The van der Waals surface area contributed by atoms with Crippen LogP contribution in [0.2, 0.25) is 0 Å². The number of carbonyl (C=O) groups excluding carboxylic acids is 1. The lowest BCUT2D eigenvalue weighted by atomic mass is 10.00. The lowest BCUT2D eigenvalue weighted by Crippen LogP contribution is -2.38. The van der Waals surface area contributed by atoms with Gasteiger partial charge in [0.2, 0.25) is 0 Å². The number of aromatic nitrogens is 3. The summed E-state index contributed by atoms with van der Waals surface area (Å²) in [7, 11) is 1.63. The SMILES string of the molecule is COc1ccc(-n2nnc(C(=O)NCC3CCCNC3)c2C)cc1. The van der Waals surface area contributed by atoms with Crippen molar-refractivity contribution in [3.05, 3.63) is 35.7 Å². The number of benzene rings is 1. The van der Waals surface area contributed by atoms with Crippen molar-refractivity contribution in [1.82, 2.24) is 25.6 Å². The van der Waals surface area contributed by atoms with Crippen molar-refractivity contribution in [2.24, 2.45) is 5.92 Å². The van der Waals surface area contributed by atoms with Gasteiger partial charge in [0.1, 0.15) is 5.75 Å². The maximum absolute atomic E-state index is 12.4. The number of carbonyl (C=O) groups is 1. The van der Waals surface area contributed by atoms with Crippen molar-refractivity contribution in [3.8, 4) is 11.4 Å². The lowest BCUT2D eigenvalue weighted by molar-refractivity contribution is 0.0939. The first-order valence-corrected chi connectivity index (χ1v) is 8.24. The Labute approximate surface area is 141 Å². The number of nitrogens with one attached hydrogen (secondary N) is 2. The number of amides is 1. The van der Waals surface area contributed by atoms with E-state index in [1.165, 1.54) is 0 Å². The summed E-state index contributed by atoms with van der Waals surface area (Å²) in [6.07, 6.45) is 2.30. The molecule has 2 aromatic rings. The minimum atomic E-state index is -0.169. The molecule has 7 nitrogen and oxygen atoms in total. The average Bonchev–Trinajstić information content (AvgIpc) is 3.02. The Hall–Kier alpha value is -2.41. The van der Waals surface area contributed by atoms with E-state index in [0.717, 1.165) is 43.1 Å². The van der Waals surface area contributed by atoms with Crippen LogP contribution in [0.1, 0.15) is 29.0 Å². The molecule has 0 bridgehead atoms. The first-order valence-electron chi connectivity index (χ1n) is 8.24. The molecule has 1 unspecified atom stereocenters. The number of hydrogen-bond donors (Lipinski definition) is 2. The van der Waals surface area contributed by atoms with E-state index in [9.17, 15) is 4.79 Å². The molecule has 3 rings (SSSR count). The van der Waals surface area contributed by atoms with Crippen LogP contribution in [0.3, 0.4) is 0 Å². The third-order valence-electron chi connectivity index (χ3n) is 4.38. The highest BCUT2D eigenvalue weighted by atomic mass is 16.5. The van der Waals surface area contributed by atoms with Gasteiger partial charge in [0, 0.05) is 6.54 Å². The highest BCUT2D eigenvalue weighted by Crippen LogP contribution is 2.17. The largest absolute Gasteiger partial charge is 0.497 e. The Morgan fingerprint density at radius 3 is 2.88 bits per heavy atom. The summed E-state index contributed by atoms with van der Waals surface area (Å²) in [4.78, 5) is 12.4. The van der Waals surface area contributed by atoms with Crippen LogP contribution in [-0.4, -0.2) is 47.6 Å². The van der Waals surface area contributed by atoms with Gasteiger partial charge in [-0.2, -0.15) is 0 Å². The molecule has 0 aliphatic carbocycles. The standard InChI is InChI=1S/C17H23N5O2/c1-12-16(17(23)19-11-13-4-3-9-18-10-13)20-21-22(12)14-5-7-15(24-2)8-6-14/h5-8,13,18H,3-4,9-11H2,1-2H3,(H,19,23). The fourth-order valence-corrected chi connectivity index (χ4v) is 2.93.